The molecule has 0 radical (unpaired) electrons. The van der Waals surface area contributed by atoms with E-state index in [0.29, 0.717) is 5.75 Å². The van der Waals surface area contributed by atoms with E-state index in [1.54, 1.807) is 18.3 Å². The van der Waals surface area contributed by atoms with E-state index in [-0.39, 0.29) is 35.7 Å². The first-order valence-electron chi connectivity index (χ1n) is 8.33. The minimum Gasteiger partial charge on any atom is -0.478 e. The minimum atomic E-state index is -1.11. The maximum atomic E-state index is 12.2. The number of nitrogens with one attached hydrogen (secondary N) is 1. The molecule has 2 N–H and O–H groups in total. The first kappa shape index (κ1) is 19.5. The van der Waals surface area contributed by atoms with Crippen molar-refractivity contribution >= 4 is 23.3 Å². The number of anilines is 1. The Balaban J connectivity index is 1.68. The molecule has 0 aliphatic heterocycles. The molecule has 1 amide bonds. The highest BCUT2D eigenvalue weighted by molar-refractivity contribution is 5.91. The van der Waals surface area contributed by atoms with Gasteiger partial charge in [0.1, 0.15) is 11.5 Å². The second kappa shape index (κ2) is 8.61. The summed E-state index contributed by atoms with van der Waals surface area (Å²) in [5, 5.41) is 26.5. The zero-order valence-corrected chi connectivity index (χ0v) is 14.9. The summed E-state index contributed by atoms with van der Waals surface area (Å²) < 4.78 is 6.88. The summed E-state index contributed by atoms with van der Waals surface area (Å²) in [6.07, 6.45) is 5.49. The largest absolute Gasteiger partial charge is 0.478 e. The molecule has 0 saturated heterocycles. The number of pyridine rings is 1. The standard InChI is InChI=1S/C18H15N5O6/c24-17(3-5-22-11-12(9-20-22)18(25)26)21-13-6-14(23(27)28)8-16(7-13)29-15-2-1-4-19-10-15/h1-2,4,6-11H,3,5H2,(H,21,24)(H,25,26). The van der Waals surface area contributed by atoms with Crippen LogP contribution in [0.15, 0.2) is 55.1 Å². The smallest absolute Gasteiger partial charge is 0.338 e. The third-order valence-electron chi connectivity index (χ3n) is 3.70. The van der Waals surface area contributed by atoms with E-state index in [0.717, 1.165) is 0 Å². The Bertz CT molecular complexity index is 1050. The molecular formula is C18H15N5O6. The number of hydrogen-bond acceptors (Lipinski definition) is 7. The average molecular weight is 397 g/mol. The highest BCUT2D eigenvalue weighted by Gasteiger charge is 2.14. The maximum absolute atomic E-state index is 12.2. The van der Waals surface area contributed by atoms with Gasteiger partial charge in [0.2, 0.25) is 5.91 Å². The number of carboxylic acids is 1. The fourth-order valence-corrected chi connectivity index (χ4v) is 2.40. The van der Waals surface area contributed by atoms with Crippen molar-refractivity contribution in [3.05, 3.63) is 70.8 Å². The van der Waals surface area contributed by atoms with E-state index in [9.17, 15) is 19.7 Å². The normalized spacial score (nSPS) is 10.3. The van der Waals surface area contributed by atoms with E-state index in [2.05, 4.69) is 15.4 Å². The molecule has 11 nitrogen and oxygen atoms in total. The van der Waals surface area contributed by atoms with E-state index in [1.807, 2.05) is 0 Å². The predicted molar refractivity (Wildman–Crippen MR) is 99.8 cm³/mol. The molecule has 0 saturated carbocycles. The van der Waals surface area contributed by atoms with E-state index in [1.165, 1.54) is 41.5 Å². The second-order valence-electron chi connectivity index (χ2n) is 5.86. The van der Waals surface area contributed by atoms with Gasteiger partial charge in [-0.2, -0.15) is 5.10 Å². The van der Waals surface area contributed by atoms with Crippen molar-refractivity contribution in [1.29, 1.82) is 0 Å². The highest BCUT2D eigenvalue weighted by Crippen LogP contribution is 2.29. The predicted octanol–water partition coefficient (Wildman–Crippen LogP) is 2.71. The van der Waals surface area contributed by atoms with E-state index >= 15 is 0 Å². The van der Waals surface area contributed by atoms with E-state index in [4.69, 9.17) is 9.84 Å². The molecule has 2 heterocycles. The molecule has 11 heteroatoms. The van der Waals surface area contributed by atoms with Crippen molar-refractivity contribution in [2.75, 3.05) is 5.32 Å². The number of hydrogen-bond donors (Lipinski definition) is 2. The topological polar surface area (TPSA) is 149 Å². The van der Waals surface area contributed by atoms with Gasteiger partial charge in [-0.1, -0.05) is 0 Å². The number of benzene rings is 1. The number of carbonyl (C=O) groups excluding carboxylic acids is 1. The lowest BCUT2D eigenvalue weighted by Crippen LogP contribution is -2.15. The van der Waals surface area contributed by atoms with Crippen LogP contribution in [0.5, 0.6) is 11.5 Å². The molecule has 0 bridgehead atoms. The number of nitro groups is 1. The van der Waals surface area contributed by atoms with Crippen molar-refractivity contribution in [2.24, 2.45) is 0 Å². The number of non-ortho nitro benzene ring substituents is 1. The molecule has 0 spiro atoms. The number of aromatic nitrogens is 3. The minimum absolute atomic E-state index is 0.0117. The first-order chi connectivity index (χ1) is 13.9. The number of aromatic carboxylic acids is 1. The van der Waals surface area contributed by atoms with Gasteiger partial charge in [0.25, 0.3) is 5.69 Å². The number of carbonyl (C=O) groups is 2. The van der Waals surface area contributed by atoms with Gasteiger partial charge in [0.05, 0.1) is 34.6 Å². The molecule has 0 aliphatic rings. The Hall–Kier alpha value is -4.28. The summed E-state index contributed by atoms with van der Waals surface area (Å²) in [6, 6.07) is 7.19. The quantitative estimate of drug-likeness (QED) is 0.435. The summed E-state index contributed by atoms with van der Waals surface area (Å²) >= 11 is 0. The highest BCUT2D eigenvalue weighted by atomic mass is 16.6. The number of amides is 1. The van der Waals surface area contributed by atoms with Gasteiger partial charge in [-0.25, -0.2) is 4.79 Å². The zero-order valence-electron chi connectivity index (χ0n) is 14.9. The van der Waals surface area contributed by atoms with E-state index < -0.39 is 16.8 Å². The lowest BCUT2D eigenvalue weighted by Gasteiger charge is -2.09. The Labute approximate surface area is 163 Å². The van der Waals surface area contributed by atoms with Crippen LogP contribution in [-0.2, 0) is 11.3 Å². The zero-order chi connectivity index (χ0) is 20.8. The van der Waals surface area contributed by atoms with Gasteiger partial charge in [0, 0.05) is 37.5 Å². The van der Waals surface area contributed by atoms with Gasteiger partial charge in [-0.05, 0) is 12.1 Å². The lowest BCUT2D eigenvalue weighted by molar-refractivity contribution is -0.384. The van der Waals surface area contributed by atoms with Crippen LogP contribution in [0.25, 0.3) is 0 Å². The Kier molecular flexibility index (Phi) is 5.78. The number of carboxylic acid groups (broad SMARTS) is 1. The molecule has 0 aliphatic carbocycles. The fourth-order valence-electron chi connectivity index (χ4n) is 2.40. The Morgan fingerprint density at radius 3 is 2.72 bits per heavy atom. The summed E-state index contributed by atoms with van der Waals surface area (Å²) in [5.74, 6) is -0.984. The first-order valence-corrected chi connectivity index (χ1v) is 8.33. The molecule has 1 aromatic carbocycles. The van der Waals surface area contributed by atoms with Crippen molar-refractivity contribution < 1.29 is 24.4 Å². The van der Waals surface area contributed by atoms with Crippen LogP contribution in [0, 0.1) is 10.1 Å². The summed E-state index contributed by atoms with van der Waals surface area (Å²) in [4.78, 5) is 37.5. The number of nitro benzene ring substituents is 1. The van der Waals surface area contributed by atoms with Gasteiger partial charge in [0.15, 0.2) is 0 Å². The molecule has 148 valence electrons. The van der Waals surface area contributed by atoms with Crippen molar-refractivity contribution in [3.63, 3.8) is 0 Å². The summed E-state index contributed by atoms with van der Waals surface area (Å²) in [7, 11) is 0. The molecule has 2 aromatic heterocycles. The molecule has 3 aromatic rings. The van der Waals surface area contributed by atoms with Crippen LogP contribution >= 0.6 is 0 Å². The van der Waals surface area contributed by atoms with Crippen LogP contribution in [0.3, 0.4) is 0 Å². The van der Waals surface area contributed by atoms with Crippen LogP contribution in [0.1, 0.15) is 16.8 Å². The van der Waals surface area contributed by atoms with Crippen LogP contribution in [0.2, 0.25) is 0 Å². The van der Waals surface area contributed by atoms with Crippen molar-refractivity contribution in [2.45, 2.75) is 13.0 Å². The number of ether oxygens (including phenoxy) is 1. The van der Waals surface area contributed by atoms with Gasteiger partial charge < -0.3 is 15.2 Å². The fraction of sp³-hybridized carbons (Fsp3) is 0.111. The Morgan fingerprint density at radius 1 is 1.24 bits per heavy atom. The van der Waals surface area contributed by atoms with Crippen LogP contribution in [-0.4, -0.2) is 36.7 Å². The third kappa shape index (κ3) is 5.35. The monoisotopic (exact) mass is 397 g/mol. The van der Waals surface area contributed by atoms with Crippen molar-refractivity contribution in [1.82, 2.24) is 14.8 Å². The third-order valence-corrected chi connectivity index (χ3v) is 3.70. The van der Waals surface area contributed by atoms with Gasteiger partial charge >= 0.3 is 5.97 Å². The average Bonchev–Trinajstić information content (AvgIpc) is 3.16. The molecule has 3 rings (SSSR count). The molecule has 0 unspecified atom stereocenters. The summed E-state index contributed by atoms with van der Waals surface area (Å²) in [5.41, 5.74) is -0.0454. The van der Waals surface area contributed by atoms with Gasteiger partial charge in [-0.15, -0.1) is 0 Å². The van der Waals surface area contributed by atoms with Crippen LogP contribution < -0.4 is 10.1 Å². The number of rotatable bonds is 8. The van der Waals surface area contributed by atoms with Crippen molar-refractivity contribution in [3.8, 4) is 11.5 Å². The number of nitrogens with zero attached hydrogens (tertiary/aromatic N) is 4. The number of aryl methyl sites for hydroxylation is 1. The second-order valence-corrected chi connectivity index (χ2v) is 5.86. The maximum Gasteiger partial charge on any atom is 0.338 e. The molecule has 29 heavy (non-hydrogen) atoms. The summed E-state index contributed by atoms with van der Waals surface area (Å²) in [6.45, 7) is 0.146. The SMILES string of the molecule is O=C(CCn1cc(C(=O)O)cn1)Nc1cc(Oc2cccnc2)cc([N+](=O)[O-])c1. The Morgan fingerprint density at radius 2 is 2.07 bits per heavy atom. The lowest BCUT2D eigenvalue weighted by atomic mass is 10.2. The molecule has 0 fully saturated rings. The van der Waals surface area contributed by atoms with Gasteiger partial charge in [-0.3, -0.25) is 24.6 Å². The molecular weight excluding hydrogens is 382 g/mol. The molecule has 0 atom stereocenters. The van der Waals surface area contributed by atoms with Crippen LogP contribution in [0.4, 0.5) is 11.4 Å².